The molecule has 0 aliphatic heterocycles. The Morgan fingerprint density at radius 1 is 0.917 bits per heavy atom. The highest BCUT2D eigenvalue weighted by Crippen LogP contribution is 2.25. The van der Waals surface area contributed by atoms with Crippen LogP contribution in [0.3, 0.4) is 0 Å². The Labute approximate surface area is 148 Å². The van der Waals surface area contributed by atoms with E-state index in [2.05, 4.69) is 56.3 Å². The van der Waals surface area contributed by atoms with Crippen LogP contribution in [0, 0.1) is 5.92 Å². The van der Waals surface area contributed by atoms with Gasteiger partial charge in [0.1, 0.15) is 5.75 Å². The van der Waals surface area contributed by atoms with Crippen LogP contribution in [0.2, 0.25) is 0 Å². The van der Waals surface area contributed by atoms with Gasteiger partial charge in [-0.3, -0.25) is 0 Å². The molecule has 1 aromatic rings. The molecule has 0 N–H and O–H groups in total. The average Bonchev–Trinajstić information content (AvgIpc) is 2.62. The van der Waals surface area contributed by atoms with Gasteiger partial charge in [0.2, 0.25) is 0 Å². The molecular formula is C23H34O. The zero-order valence-corrected chi connectivity index (χ0v) is 15.6. The zero-order valence-electron chi connectivity index (χ0n) is 15.6. The molecule has 0 saturated heterocycles. The van der Waals surface area contributed by atoms with Crippen LogP contribution in [0.1, 0.15) is 77.2 Å². The second-order valence-electron chi connectivity index (χ2n) is 7.08. The molecule has 1 aliphatic rings. The van der Waals surface area contributed by atoms with E-state index in [-0.39, 0.29) is 0 Å². The maximum atomic E-state index is 5.87. The van der Waals surface area contributed by atoms with E-state index in [1.807, 2.05) is 0 Å². The molecule has 24 heavy (non-hydrogen) atoms. The lowest BCUT2D eigenvalue weighted by Gasteiger charge is -2.12. The van der Waals surface area contributed by atoms with E-state index in [4.69, 9.17) is 4.74 Å². The number of rotatable bonds is 11. The number of hydrogen-bond donors (Lipinski definition) is 0. The Morgan fingerprint density at radius 3 is 2.21 bits per heavy atom. The van der Waals surface area contributed by atoms with E-state index in [0.717, 1.165) is 18.8 Å². The van der Waals surface area contributed by atoms with Crippen LogP contribution in [-0.4, -0.2) is 6.61 Å². The summed E-state index contributed by atoms with van der Waals surface area (Å²) in [6.45, 7) is 5.37. The van der Waals surface area contributed by atoms with Crippen LogP contribution in [0.25, 0.3) is 5.57 Å². The lowest BCUT2D eigenvalue weighted by molar-refractivity contribution is 0.304. The predicted octanol–water partition coefficient (Wildman–Crippen LogP) is 7.19. The number of benzene rings is 1. The van der Waals surface area contributed by atoms with Gasteiger partial charge in [-0.1, -0.05) is 89.2 Å². The van der Waals surface area contributed by atoms with Gasteiger partial charge in [0.15, 0.2) is 0 Å². The molecule has 1 atom stereocenters. The summed E-state index contributed by atoms with van der Waals surface area (Å²) in [6.07, 6.45) is 18.7. The van der Waals surface area contributed by atoms with Gasteiger partial charge in [-0.2, -0.15) is 0 Å². The van der Waals surface area contributed by atoms with Crippen LogP contribution in [0.15, 0.2) is 42.5 Å². The minimum absolute atomic E-state index is 0.669. The second kappa shape index (κ2) is 11.1. The van der Waals surface area contributed by atoms with E-state index in [1.54, 1.807) is 0 Å². The average molecular weight is 327 g/mol. The van der Waals surface area contributed by atoms with Gasteiger partial charge >= 0.3 is 0 Å². The van der Waals surface area contributed by atoms with Crippen molar-refractivity contribution >= 4 is 5.57 Å². The molecule has 0 fully saturated rings. The zero-order chi connectivity index (χ0) is 17.0. The SMILES string of the molecule is CCCCCCCCCCOc1ccc(C2=CCC(C)C=C2)cc1. The van der Waals surface area contributed by atoms with Gasteiger partial charge in [0.25, 0.3) is 0 Å². The summed E-state index contributed by atoms with van der Waals surface area (Å²) in [6, 6.07) is 8.56. The van der Waals surface area contributed by atoms with Crippen molar-refractivity contribution in [2.45, 2.75) is 71.6 Å². The summed E-state index contributed by atoms with van der Waals surface area (Å²) in [5.41, 5.74) is 2.63. The largest absolute Gasteiger partial charge is 0.494 e. The Bertz CT molecular complexity index is 509. The maximum Gasteiger partial charge on any atom is 0.119 e. The third-order valence-electron chi connectivity index (χ3n) is 4.77. The maximum absolute atomic E-state index is 5.87. The molecule has 0 saturated carbocycles. The van der Waals surface area contributed by atoms with Crippen molar-refractivity contribution in [3.63, 3.8) is 0 Å². The van der Waals surface area contributed by atoms with Crippen LogP contribution in [0.4, 0.5) is 0 Å². The minimum atomic E-state index is 0.669. The molecule has 0 heterocycles. The first-order valence-corrected chi connectivity index (χ1v) is 9.91. The van der Waals surface area contributed by atoms with Crippen molar-refractivity contribution in [3.05, 3.63) is 48.1 Å². The highest BCUT2D eigenvalue weighted by molar-refractivity contribution is 5.75. The van der Waals surface area contributed by atoms with Gasteiger partial charge in [-0.25, -0.2) is 0 Å². The third kappa shape index (κ3) is 6.95. The second-order valence-corrected chi connectivity index (χ2v) is 7.08. The number of unbranched alkanes of at least 4 members (excludes halogenated alkanes) is 7. The lowest BCUT2D eigenvalue weighted by Crippen LogP contribution is -1.98. The van der Waals surface area contributed by atoms with E-state index in [0.29, 0.717) is 5.92 Å². The molecule has 2 rings (SSSR count). The summed E-state index contributed by atoms with van der Waals surface area (Å²) in [7, 11) is 0. The van der Waals surface area contributed by atoms with Crippen molar-refractivity contribution < 1.29 is 4.74 Å². The van der Waals surface area contributed by atoms with Crippen LogP contribution >= 0.6 is 0 Å². The first-order chi connectivity index (χ1) is 11.8. The minimum Gasteiger partial charge on any atom is -0.494 e. The fourth-order valence-electron chi connectivity index (χ4n) is 3.11. The van der Waals surface area contributed by atoms with Gasteiger partial charge in [-0.15, -0.1) is 0 Å². The van der Waals surface area contributed by atoms with E-state index in [1.165, 1.54) is 62.5 Å². The van der Waals surface area contributed by atoms with E-state index < -0.39 is 0 Å². The third-order valence-corrected chi connectivity index (χ3v) is 4.77. The van der Waals surface area contributed by atoms with Crippen molar-refractivity contribution in [2.75, 3.05) is 6.61 Å². The monoisotopic (exact) mass is 326 g/mol. The highest BCUT2D eigenvalue weighted by Gasteiger charge is 2.05. The van der Waals surface area contributed by atoms with E-state index in [9.17, 15) is 0 Å². The van der Waals surface area contributed by atoms with E-state index >= 15 is 0 Å². The van der Waals surface area contributed by atoms with Crippen LogP contribution < -0.4 is 4.74 Å². The normalized spacial score (nSPS) is 16.9. The molecule has 0 aromatic heterocycles. The first kappa shape index (κ1) is 18.8. The van der Waals surface area contributed by atoms with Gasteiger partial charge in [0.05, 0.1) is 6.61 Å². The molecule has 1 heteroatoms. The van der Waals surface area contributed by atoms with Crippen LogP contribution in [-0.2, 0) is 0 Å². The van der Waals surface area contributed by atoms with Crippen molar-refractivity contribution in [1.29, 1.82) is 0 Å². The molecule has 0 bridgehead atoms. The van der Waals surface area contributed by atoms with Gasteiger partial charge < -0.3 is 4.74 Å². The first-order valence-electron chi connectivity index (χ1n) is 9.91. The quantitative estimate of drug-likeness (QED) is 0.391. The lowest BCUT2D eigenvalue weighted by atomic mass is 9.94. The molecule has 1 aliphatic carbocycles. The summed E-state index contributed by atoms with van der Waals surface area (Å²) in [5.74, 6) is 1.67. The standard InChI is InChI=1S/C23H34O/c1-3-4-5-6-7-8-9-10-19-24-23-17-15-22(16-18-23)21-13-11-20(2)12-14-21/h11,13-18,20H,3-10,12,19H2,1-2H3. The summed E-state index contributed by atoms with van der Waals surface area (Å²) < 4.78 is 5.87. The molecule has 0 amide bonds. The van der Waals surface area contributed by atoms with Gasteiger partial charge in [-0.05, 0) is 42.0 Å². The Hall–Kier alpha value is -1.50. The van der Waals surface area contributed by atoms with Crippen LogP contribution in [0.5, 0.6) is 5.75 Å². The Kier molecular flexibility index (Phi) is 8.73. The molecule has 1 nitrogen and oxygen atoms in total. The summed E-state index contributed by atoms with van der Waals surface area (Å²) in [4.78, 5) is 0. The highest BCUT2D eigenvalue weighted by atomic mass is 16.5. The van der Waals surface area contributed by atoms with Gasteiger partial charge in [0, 0.05) is 0 Å². The molecule has 1 aromatic carbocycles. The van der Waals surface area contributed by atoms with Crippen molar-refractivity contribution in [3.8, 4) is 5.75 Å². The molecule has 132 valence electrons. The number of hydrogen-bond acceptors (Lipinski definition) is 1. The fourth-order valence-corrected chi connectivity index (χ4v) is 3.11. The molecule has 0 radical (unpaired) electrons. The van der Waals surface area contributed by atoms with Crippen molar-refractivity contribution in [1.82, 2.24) is 0 Å². The predicted molar refractivity (Wildman–Crippen MR) is 105 cm³/mol. The number of allylic oxidation sites excluding steroid dienone is 4. The Balaban J connectivity index is 1.60. The topological polar surface area (TPSA) is 9.23 Å². The fraction of sp³-hybridized carbons (Fsp3) is 0.565. The molecule has 0 spiro atoms. The molecular weight excluding hydrogens is 292 g/mol. The smallest absolute Gasteiger partial charge is 0.119 e. The summed E-state index contributed by atoms with van der Waals surface area (Å²) in [5, 5.41) is 0. The molecule has 1 unspecified atom stereocenters. The Morgan fingerprint density at radius 2 is 1.58 bits per heavy atom. The van der Waals surface area contributed by atoms with Crippen molar-refractivity contribution in [2.24, 2.45) is 5.92 Å². The summed E-state index contributed by atoms with van der Waals surface area (Å²) >= 11 is 0. The number of ether oxygens (including phenoxy) is 1.